The van der Waals surface area contributed by atoms with Gasteiger partial charge in [-0.15, -0.1) is 0 Å². The lowest BCUT2D eigenvalue weighted by molar-refractivity contribution is -0.118. The number of nitrogens with one attached hydrogen (secondary N) is 1. The quantitative estimate of drug-likeness (QED) is 0.892. The van der Waals surface area contributed by atoms with Crippen LogP contribution in [0.15, 0.2) is 42.5 Å². The van der Waals surface area contributed by atoms with E-state index in [-0.39, 0.29) is 11.8 Å². The molecule has 0 aromatic heterocycles. The van der Waals surface area contributed by atoms with Crippen LogP contribution in [0.3, 0.4) is 0 Å². The molecule has 6 nitrogen and oxygen atoms in total. The molecule has 0 radical (unpaired) electrons. The van der Waals surface area contributed by atoms with E-state index in [1.165, 1.54) is 0 Å². The summed E-state index contributed by atoms with van der Waals surface area (Å²) >= 11 is 0. The highest BCUT2D eigenvalue weighted by Crippen LogP contribution is 2.30. The lowest BCUT2D eigenvalue weighted by atomic mass is 10.0. The molecule has 2 heterocycles. The number of aryl methyl sites for hydroxylation is 1. The van der Waals surface area contributed by atoms with Gasteiger partial charge in [0.1, 0.15) is 0 Å². The van der Waals surface area contributed by atoms with Crippen LogP contribution in [0.25, 0.3) is 0 Å². The molecule has 1 fully saturated rings. The molecule has 1 N–H and O–H groups in total. The van der Waals surface area contributed by atoms with Crippen LogP contribution in [0.4, 0.5) is 17.1 Å². The van der Waals surface area contributed by atoms with Gasteiger partial charge in [0.05, 0.1) is 5.56 Å². The summed E-state index contributed by atoms with van der Waals surface area (Å²) in [6.45, 7) is 3.82. The van der Waals surface area contributed by atoms with Crippen molar-refractivity contribution in [3.63, 3.8) is 0 Å². The molecular weight excluding hydrogens is 352 g/mol. The summed E-state index contributed by atoms with van der Waals surface area (Å²) in [7, 11) is 3.92. The Morgan fingerprint density at radius 3 is 2.46 bits per heavy atom. The van der Waals surface area contributed by atoms with Crippen molar-refractivity contribution < 1.29 is 9.59 Å². The standard InChI is InChI=1S/C22H26N4O2/c1-24-11-13-26(14-12-24)20-6-4-3-5-18(20)22(28)23-17-8-9-19-16(15-17)7-10-21(27)25(19)2/h3-6,8-9,15H,7,10-14H2,1-2H3,(H,23,28). The second-order valence-electron chi connectivity index (χ2n) is 7.56. The number of benzene rings is 2. The molecule has 146 valence electrons. The SMILES string of the molecule is CN1CCN(c2ccccc2C(=O)Nc2ccc3c(c2)CCC(=O)N3C)CC1. The maximum absolute atomic E-state index is 13.0. The fourth-order valence-electron chi connectivity index (χ4n) is 3.92. The lowest BCUT2D eigenvalue weighted by Crippen LogP contribution is -2.45. The predicted octanol–water partition coefficient (Wildman–Crippen LogP) is 2.60. The average Bonchev–Trinajstić information content (AvgIpc) is 2.71. The summed E-state index contributed by atoms with van der Waals surface area (Å²) in [5, 5.41) is 3.04. The fourth-order valence-corrected chi connectivity index (χ4v) is 3.92. The minimum absolute atomic E-state index is 0.102. The summed E-state index contributed by atoms with van der Waals surface area (Å²) < 4.78 is 0. The first-order valence-electron chi connectivity index (χ1n) is 9.76. The van der Waals surface area contributed by atoms with Gasteiger partial charge in [-0.3, -0.25) is 9.59 Å². The van der Waals surface area contributed by atoms with Crippen LogP contribution < -0.4 is 15.1 Å². The van der Waals surface area contributed by atoms with Crippen molar-refractivity contribution in [1.82, 2.24) is 4.90 Å². The first kappa shape index (κ1) is 18.5. The third kappa shape index (κ3) is 3.60. The van der Waals surface area contributed by atoms with E-state index in [9.17, 15) is 9.59 Å². The van der Waals surface area contributed by atoms with Gasteiger partial charge in [-0.2, -0.15) is 0 Å². The van der Waals surface area contributed by atoms with Gasteiger partial charge in [0.15, 0.2) is 0 Å². The van der Waals surface area contributed by atoms with Gasteiger partial charge in [-0.05, 0) is 49.4 Å². The summed E-state index contributed by atoms with van der Waals surface area (Å²) in [6, 6.07) is 13.5. The Labute approximate surface area is 165 Å². The van der Waals surface area contributed by atoms with E-state index in [2.05, 4.69) is 22.2 Å². The van der Waals surface area contributed by atoms with E-state index in [1.807, 2.05) is 42.5 Å². The largest absolute Gasteiger partial charge is 0.368 e. The predicted molar refractivity (Wildman–Crippen MR) is 112 cm³/mol. The summed E-state index contributed by atoms with van der Waals surface area (Å²) in [5.41, 5.74) is 4.45. The molecule has 28 heavy (non-hydrogen) atoms. The third-order valence-electron chi connectivity index (χ3n) is 5.67. The highest BCUT2D eigenvalue weighted by molar-refractivity contribution is 6.08. The molecule has 2 aliphatic rings. The summed E-state index contributed by atoms with van der Waals surface area (Å²) in [5.74, 6) is 0.0279. The Kier molecular flexibility index (Phi) is 5.05. The topological polar surface area (TPSA) is 55.9 Å². The molecule has 0 bridgehead atoms. The maximum atomic E-state index is 13.0. The van der Waals surface area contributed by atoms with Crippen LogP contribution in [-0.2, 0) is 11.2 Å². The number of carbonyl (C=O) groups is 2. The molecule has 4 rings (SSSR count). The molecular formula is C22H26N4O2. The number of nitrogens with zero attached hydrogens (tertiary/aromatic N) is 3. The third-order valence-corrected chi connectivity index (χ3v) is 5.67. The number of hydrogen-bond donors (Lipinski definition) is 1. The zero-order valence-electron chi connectivity index (χ0n) is 16.4. The van der Waals surface area contributed by atoms with Crippen LogP contribution in [-0.4, -0.2) is 57.0 Å². The minimum atomic E-state index is -0.102. The summed E-state index contributed by atoms with van der Waals surface area (Å²) in [6.07, 6.45) is 1.22. The maximum Gasteiger partial charge on any atom is 0.257 e. The van der Waals surface area contributed by atoms with Crippen molar-refractivity contribution in [3.8, 4) is 0 Å². The van der Waals surface area contributed by atoms with Gasteiger partial charge >= 0.3 is 0 Å². The first-order chi connectivity index (χ1) is 13.5. The number of rotatable bonds is 3. The number of para-hydroxylation sites is 1. The monoisotopic (exact) mass is 378 g/mol. The van der Waals surface area contributed by atoms with Crippen LogP contribution in [0.2, 0.25) is 0 Å². The van der Waals surface area contributed by atoms with Crippen LogP contribution in [0.5, 0.6) is 0 Å². The number of fused-ring (bicyclic) bond motifs is 1. The van der Waals surface area contributed by atoms with Gasteiger partial charge < -0.3 is 20.0 Å². The summed E-state index contributed by atoms with van der Waals surface area (Å²) in [4.78, 5) is 31.1. The highest BCUT2D eigenvalue weighted by atomic mass is 16.2. The Bertz CT molecular complexity index is 903. The molecule has 6 heteroatoms. The number of amides is 2. The Morgan fingerprint density at radius 1 is 0.929 bits per heavy atom. The van der Waals surface area contributed by atoms with E-state index in [0.717, 1.165) is 48.8 Å². The van der Waals surface area contributed by atoms with Crippen molar-refractivity contribution >= 4 is 28.9 Å². The van der Waals surface area contributed by atoms with Crippen molar-refractivity contribution in [2.24, 2.45) is 0 Å². The van der Waals surface area contributed by atoms with E-state index >= 15 is 0 Å². The van der Waals surface area contributed by atoms with Gasteiger partial charge in [-0.1, -0.05) is 12.1 Å². The number of carbonyl (C=O) groups excluding carboxylic acids is 2. The molecule has 0 aliphatic carbocycles. The Morgan fingerprint density at radius 2 is 1.68 bits per heavy atom. The lowest BCUT2D eigenvalue weighted by Gasteiger charge is -2.35. The molecule has 2 aromatic rings. The van der Waals surface area contributed by atoms with Crippen molar-refractivity contribution in [1.29, 1.82) is 0 Å². The molecule has 2 aliphatic heterocycles. The van der Waals surface area contributed by atoms with Gasteiger partial charge in [0.25, 0.3) is 5.91 Å². The number of hydrogen-bond acceptors (Lipinski definition) is 4. The smallest absolute Gasteiger partial charge is 0.257 e. The highest BCUT2D eigenvalue weighted by Gasteiger charge is 2.22. The molecule has 2 amide bonds. The van der Waals surface area contributed by atoms with Gasteiger partial charge in [-0.25, -0.2) is 0 Å². The Balaban J connectivity index is 1.54. The molecule has 0 saturated carbocycles. The van der Waals surface area contributed by atoms with E-state index in [0.29, 0.717) is 18.4 Å². The number of likely N-dealkylation sites (N-methyl/N-ethyl adjacent to an activating group) is 1. The second kappa shape index (κ2) is 7.64. The molecule has 2 aromatic carbocycles. The van der Waals surface area contributed by atoms with E-state index in [1.54, 1.807) is 11.9 Å². The van der Waals surface area contributed by atoms with E-state index in [4.69, 9.17) is 0 Å². The molecule has 0 spiro atoms. The van der Waals surface area contributed by atoms with Crippen LogP contribution in [0, 0.1) is 0 Å². The Hall–Kier alpha value is -2.86. The zero-order chi connectivity index (χ0) is 19.7. The van der Waals surface area contributed by atoms with Crippen LogP contribution in [0.1, 0.15) is 22.3 Å². The fraction of sp³-hybridized carbons (Fsp3) is 0.364. The molecule has 0 atom stereocenters. The van der Waals surface area contributed by atoms with Crippen molar-refractivity contribution in [2.75, 3.05) is 55.4 Å². The van der Waals surface area contributed by atoms with Gasteiger partial charge in [0.2, 0.25) is 5.91 Å². The minimum Gasteiger partial charge on any atom is -0.368 e. The van der Waals surface area contributed by atoms with Gasteiger partial charge in [0, 0.05) is 56.7 Å². The normalized spacial score (nSPS) is 17.4. The molecule has 1 saturated heterocycles. The van der Waals surface area contributed by atoms with Crippen molar-refractivity contribution in [2.45, 2.75) is 12.8 Å². The van der Waals surface area contributed by atoms with Crippen molar-refractivity contribution in [3.05, 3.63) is 53.6 Å². The number of anilines is 3. The van der Waals surface area contributed by atoms with Crippen LogP contribution >= 0.6 is 0 Å². The van der Waals surface area contributed by atoms with E-state index < -0.39 is 0 Å². The molecule has 0 unspecified atom stereocenters. The second-order valence-corrected chi connectivity index (χ2v) is 7.56. The average molecular weight is 378 g/mol. The first-order valence-corrected chi connectivity index (χ1v) is 9.76. The number of piperazine rings is 1. The zero-order valence-corrected chi connectivity index (χ0v) is 16.4.